The van der Waals surface area contributed by atoms with Gasteiger partial charge in [-0.3, -0.25) is 4.99 Å². The summed E-state index contributed by atoms with van der Waals surface area (Å²) >= 11 is 0. The molecule has 0 aliphatic carbocycles. The molecule has 2 nitrogen and oxygen atoms in total. The molecule has 1 N–H and O–H groups in total. The molecule has 0 heterocycles. The van der Waals surface area contributed by atoms with Crippen molar-refractivity contribution in [1.82, 2.24) is 0 Å². The lowest BCUT2D eigenvalue weighted by molar-refractivity contribution is 0.330. The highest BCUT2D eigenvalue weighted by atomic mass is 16.3. The Hall–Kier alpha value is -0.630. The predicted octanol–water partition coefficient (Wildman–Crippen LogP) is 1.79. The SMILES string of the molecule is CC=NC(C=C(C)CO)CC. The Bertz CT molecular complexity index is 150. The van der Waals surface area contributed by atoms with E-state index in [2.05, 4.69) is 11.9 Å². The van der Waals surface area contributed by atoms with Crippen LogP contribution in [0.15, 0.2) is 16.6 Å². The fourth-order valence-electron chi connectivity index (χ4n) is 0.839. The minimum Gasteiger partial charge on any atom is -0.392 e. The number of rotatable bonds is 4. The largest absolute Gasteiger partial charge is 0.392 e. The van der Waals surface area contributed by atoms with E-state index in [4.69, 9.17) is 5.11 Å². The Morgan fingerprint density at radius 2 is 2.27 bits per heavy atom. The molecule has 64 valence electrons. The molecule has 1 atom stereocenters. The molecule has 2 heteroatoms. The lowest BCUT2D eigenvalue weighted by atomic mass is 10.1. The Morgan fingerprint density at radius 3 is 2.64 bits per heavy atom. The molecule has 0 aliphatic rings. The fraction of sp³-hybridized carbons (Fsp3) is 0.667. The van der Waals surface area contributed by atoms with Crippen molar-refractivity contribution >= 4 is 6.21 Å². The third-order valence-corrected chi connectivity index (χ3v) is 1.49. The summed E-state index contributed by atoms with van der Waals surface area (Å²) in [7, 11) is 0. The zero-order chi connectivity index (χ0) is 8.69. The van der Waals surface area contributed by atoms with Gasteiger partial charge in [0.05, 0.1) is 12.6 Å². The fourth-order valence-corrected chi connectivity index (χ4v) is 0.839. The Kier molecular flexibility index (Phi) is 5.75. The molecule has 0 aliphatic heterocycles. The first-order valence-electron chi connectivity index (χ1n) is 4.00. The van der Waals surface area contributed by atoms with Gasteiger partial charge in [-0.25, -0.2) is 0 Å². The second kappa shape index (κ2) is 6.10. The van der Waals surface area contributed by atoms with E-state index in [1.807, 2.05) is 19.9 Å². The standard InChI is InChI=1S/C9H17NO/c1-4-9(10-5-2)6-8(3)7-11/h5-6,9,11H,4,7H2,1-3H3. The van der Waals surface area contributed by atoms with Crippen LogP contribution in [0.1, 0.15) is 27.2 Å². The molecule has 0 saturated carbocycles. The van der Waals surface area contributed by atoms with Crippen molar-refractivity contribution in [3.05, 3.63) is 11.6 Å². The number of hydrogen-bond donors (Lipinski definition) is 1. The Morgan fingerprint density at radius 1 is 1.64 bits per heavy atom. The van der Waals surface area contributed by atoms with Crippen LogP contribution in [-0.2, 0) is 0 Å². The number of nitrogens with zero attached hydrogens (tertiary/aromatic N) is 1. The van der Waals surface area contributed by atoms with Gasteiger partial charge < -0.3 is 5.11 Å². The average Bonchev–Trinajstić information content (AvgIpc) is 2.03. The van der Waals surface area contributed by atoms with E-state index in [9.17, 15) is 0 Å². The molecular formula is C9H17NO. The van der Waals surface area contributed by atoms with Crippen molar-refractivity contribution in [3.63, 3.8) is 0 Å². The number of aliphatic hydroxyl groups is 1. The smallest absolute Gasteiger partial charge is 0.0676 e. The van der Waals surface area contributed by atoms with E-state index in [0.29, 0.717) is 0 Å². The Labute approximate surface area is 68.7 Å². The molecule has 0 aromatic carbocycles. The monoisotopic (exact) mass is 155 g/mol. The first kappa shape index (κ1) is 10.4. The molecule has 0 radical (unpaired) electrons. The van der Waals surface area contributed by atoms with Gasteiger partial charge in [-0.2, -0.15) is 0 Å². The Balaban J connectivity index is 4.05. The van der Waals surface area contributed by atoms with E-state index >= 15 is 0 Å². The highest BCUT2D eigenvalue weighted by molar-refractivity contribution is 5.53. The average molecular weight is 155 g/mol. The third kappa shape index (κ3) is 4.73. The van der Waals surface area contributed by atoms with Crippen LogP contribution in [0.4, 0.5) is 0 Å². The van der Waals surface area contributed by atoms with Crippen molar-refractivity contribution in [3.8, 4) is 0 Å². The second-order valence-electron chi connectivity index (χ2n) is 2.55. The number of aliphatic imine (C=N–C) groups is 1. The van der Waals surface area contributed by atoms with E-state index in [0.717, 1.165) is 12.0 Å². The van der Waals surface area contributed by atoms with Crippen molar-refractivity contribution in [2.75, 3.05) is 6.61 Å². The van der Waals surface area contributed by atoms with Crippen molar-refractivity contribution < 1.29 is 5.11 Å². The van der Waals surface area contributed by atoms with Crippen LogP contribution in [-0.4, -0.2) is 24.0 Å². The van der Waals surface area contributed by atoms with Crippen LogP contribution in [0.2, 0.25) is 0 Å². The maximum atomic E-state index is 8.73. The first-order chi connectivity index (χ1) is 5.24. The normalized spacial score (nSPS) is 15.8. The zero-order valence-corrected chi connectivity index (χ0v) is 7.54. The van der Waals surface area contributed by atoms with Crippen LogP contribution in [0.25, 0.3) is 0 Å². The molecule has 0 spiro atoms. The van der Waals surface area contributed by atoms with Crippen LogP contribution in [0.3, 0.4) is 0 Å². The third-order valence-electron chi connectivity index (χ3n) is 1.49. The van der Waals surface area contributed by atoms with E-state index in [1.54, 1.807) is 6.21 Å². The molecule has 0 fully saturated rings. The van der Waals surface area contributed by atoms with Gasteiger partial charge in [0.1, 0.15) is 0 Å². The molecule has 0 aromatic rings. The first-order valence-corrected chi connectivity index (χ1v) is 4.00. The molecule has 1 unspecified atom stereocenters. The van der Waals surface area contributed by atoms with Gasteiger partial charge in [0.25, 0.3) is 0 Å². The molecule has 0 aromatic heterocycles. The summed E-state index contributed by atoms with van der Waals surface area (Å²) in [6, 6.07) is 0.243. The van der Waals surface area contributed by atoms with Gasteiger partial charge in [0, 0.05) is 0 Å². The zero-order valence-electron chi connectivity index (χ0n) is 7.54. The summed E-state index contributed by atoms with van der Waals surface area (Å²) in [5.74, 6) is 0. The van der Waals surface area contributed by atoms with Crippen molar-refractivity contribution in [2.45, 2.75) is 33.2 Å². The van der Waals surface area contributed by atoms with Gasteiger partial charge in [-0.15, -0.1) is 0 Å². The van der Waals surface area contributed by atoms with Crippen LogP contribution in [0, 0.1) is 0 Å². The van der Waals surface area contributed by atoms with Crippen molar-refractivity contribution in [1.29, 1.82) is 0 Å². The number of hydrogen-bond acceptors (Lipinski definition) is 2. The molecule has 0 saturated heterocycles. The van der Waals surface area contributed by atoms with Crippen LogP contribution in [0.5, 0.6) is 0 Å². The summed E-state index contributed by atoms with van der Waals surface area (Å²) in [6.45, 7) is 6.03. The van der Waals surface area contributed by atoms with Crippen LogP contribution < -0.4 is 0 Å². The maximum absolute atomic E-state index is 8.73. The summed E-state index contributed by atoms with van der Waals surface area (Å²) < 4.78 is 0. The van der Waals surface area contributed by atoms with Gasteiger partial charge in [-0.05, 0) is 32.1 Å². The summed E-state index contributed by atoms with van der Waals surface area (Å²) in [5.41, 5.74) is 0.988. The lowest BCUT2D eigenvalue weighted by Gasteiger charge is -2.04. The number of aliphatic hydroxyl groups excluding tert-OH is 1. The molecule has 0 rings (SSSR count). The summed E-state index contributed by atoms with van der Waals surface area (Å²) in [6.07, 6.45) is 4.79. The highest BCUT2D eigenvalue weighted by Gasteiger charge is 1.97. The van der Waals surface area contributed by atoms with Gasteiger partial charge in [-0.1, -0.05) is 13.0 Å². The van der Waals surface area contributed by atoms with E-state index in [-0.39, 0.29) is 12.6 Å². The predicted molar refractivity (Wildman–Crippen MR) is 49.1 cm³/mol. The molecule has 0 bridgehead atoms. The summed E-state index contributed by atoms with van der Waals surface area (Å²) in [4.78, 5) is 4.22. The lowest BCUT2D eigenvalue weighted by Crippen LogP contribution is -2.00. The van der Waals surface area contributed by atoms with E-state index < -0.39 is 0 Å². The molecular weight excluding hydrogens is 138 g/mol. The van der Waals surface area contributed by atoms with E-state index in [1.165, 1.54) is 0 Å². The van der Waals surface area contributed by atoms with Gasteiger partial charge in [0.15, 0.2) is 0 Å². The molecule has 11 heavy (non-hydrogen) atoms. The van der Waals surface area contributed by atoms with Crippen molar-refractivity contribution in [2.24, 2.45) is 4.99 Å². The topological polar surface area (TPSA) is 32.6 Å². The highest BCUT2D eigenvalue weighted by Crippen LogP contribution is 2.02. The molecule has 0 amide bonds. The minimum absolute atomic E-state index is 0.135. The maximum Gasteiger partial charge on any atom is 0.0676 e. The minimum atomic E-state index is 0.135. The van der Waals surface area contributed by atoms with Gasteiger partial charge >= 0.3 is 0 Å². The van der Waals surface area contributed by atoms with Gasteiger partial charge in [0.2, 0.25) is 0 Å². The summed E-state index contributed by atoms with van der Waals surface area (Å²) in [5, 5.41) is 8.73. The van der Waals surface area contributed by atoms with Crippen LogP contribution >= 0.6 is 0 Å². The quantitative estimate of drug-likeness (QED) is 0.487. The second-order valence-corrected chi connectivity index (χ2v) is 2.55.